The molecule has 0 bridgehead atoms. The van der Waals surface area contributed by atoms with Crippen LogP contribution in [0.25, 0.3) is 6.08 Å². The fraction of sp³-hybridized carbons (Fsp3) is 0.529. The number of rotatable bonds is 8. The molecule has 0 unspecified atom stereocenters. The lowest BCUT2D eigenvalue weighted by molar-refractivity contribution is 0.163. The maximum absolute atomic E-state index is 5.54. The van der Waals surface area contributed by atoms with Gasteiger partial charge in [0.2, 0.25) is 0 Å². The third-order valence-electron chi connectivity index (χ3n) is 2.80. The van der Waals surface area contributed by atoms with Crippen LogP contribution in [-0.4, -0.2) is 26.3 Å². The Kier molecular flexibility index (Phi) is 7.46. The highest BCUT2D eigenvalue weighted by Crippen LogP contribution is 2.16. The van der Waals surface area contributed by atoms with Crippen molar-refractivity contribution in [3.05, 3.63) is 42.0 Å². The van der Waals surface area contributed by atoms with Gasteiger partial charge < -0.3 is 10.1 Å². The van der Waals surface area contributed by atoms with E-state index in [0.717, 1.165) is 19.7 Å². The topological polar surface area (TPSA) is 21.3 Å². The maximum Gasteiger partial charge on any atom is 0.0651 e. The number of hydrogen-bond acceptors (Lipinski definition) is 2. The minimum atomic E-state index is 0.409. The van der Waals surface area contributed by atoms with Gasteiger partial charge in [0, 0.05) is 6.54 Å². The molecule has 0 aromatic heterocycles. The molecule has 0 amide bonds. The van der Waals surface area contributed by atoms with Gasteiger partial charge in [0.15, 0.2) is 0 Å². The molecule has 0 saturated carbocycles. The van der Waals surface area contributed by atoms with E-state index in [1.807, 2.05) is 18.2 Å². The maximum atomic E-state index is 5.54. The molecule has 0 atom stereocenters. The molecule has 0 heterocycles. The molecule has 2 heteroatoms. The van der Waals surface area contributed by atoms with Crippen molar-refractivity contribution in [3.8, 4) is 0 Å². The molecule has 0 saturated heterocycles. The van der Waals surface area contributed by atoms with Crippen LogP contribution in [0.5, 0.6) is 0 Å². The van der Waals surface area contributed by atoms with Gasteiger partial charge >= 0.3 is 0 Å². The van der Waals surface area contributed by atoms with E-state index in [1.54, 1.807) is 0 Å². The van der Waals surface area contributed by atoms with Gasteiger partial charge in [0.25, 0.3) is 0 Å². The molecule has 0 aliphatic heterocycles. The van der Waals surface area contributed by atoms with E-state index in [2.05, 4.69) is 50.4 Å². The summed E-state index contributed by atoms with van der Waals surface area (Å²) in [6.07, 6.45) is 5.35. The first-order valence-corrected chi connectivity index (χ1v) is 7.08. The van der Waals surface area contributed by atoms with Crippen molar-refractivity contribution in [1.82, 2.24) is 5.32 Å². The van der Waals surface area contributed by atoms with E-state index >= 15 is 0 Å². The van der Waals surface area contributed by atoms with Crippen LogP contribution in [0.15, 0.2) is 36.4 Å². The van der Waals surface area contributed by atoms with Crippen LogP contribution in [0.1, 0.15) is 32.8 Å². The quantitative estimate of drug-likeness (QED) is 0.720. The Labute approximate surface area is 117 Å². The van der Waals surface area contributed by atoms with Crippen molar-refractivity contribution in [2.24, 2.45) is 5.41 Å². The molecular formula is C17H27NO. The van der Waals surface area contributed by atoms with E-state index in [4.69, 9.17) is 4.74 Å². The third-order valence-corrected chi connectivity index (χ3v) is 2.80. The fourth-order valence-electron chi connectivity index (χ4n) is 1.63. The van der Waals surface area contributed by atoms with E-state index in [9.17, 15) is 0 Å². The monoisotopic (exact) mass is 261 g/mol. The van der Waals surface area contributed by atoms with Crippen molar-refractivity contribution in [2.75, 3.05) is 26.3 Å². The molecule has 1 aromatic rings. The van der Waals surface area contributed by atoms with Crippen LogP contribution in [0.2, 0.25) is 0 Å². The minimum absolute atomic E-state index is 0.409. The van der Waals surface area contributed by atoms with Gasteiger partial charge in [-0.15, -0.1) is 0 Å². The lowest BCUT2D eigenvalue weighted by Gasteiger charge is -2.17. The fourth-order valence-corrected chi connectivity index (χ4v) is 1.63. The zero-order valence-electron chi connectivity index (χ0n) is 12.5. The number of nitrogens with one attached hydrogen (secondary N) is 1. The molecule has 1 rings (SSSR count). The first kappa shape index (κ1) is 15.9. The van der Waals surface area contributed by atoms with Gasteiger partial charge in [-0.1, -0.05) is 63.3 Å². The Hall–Kier alpha value is -1.12. The zero-order valence-corrected chi connectivity index (χ0v) is 12.5. The summed E-state index contributed by atoms with van der Waals surface area (Å²) in [5.41, 5.74) is 1.63. The normalized spacial score (nSPS) is 12.2. The number of benzene rings is 1. The molecule has 0 fully saturated rings. The van der Waals surface area contributed by atoms with Crippen LogP contribution in [-0.2, 0) is 4.74 Å². The van der Waals surface area contributed by atoms with Crippen molar-refractivity contribution in [1.29, 1.82) is 0 Å². The van der Waals surface area contributed by atoms with Gasteiger partial charge in [-0.05, 0) is 23.9 Å². The average Bonchev–Trinajstić information content (AvgIpc) is 2.37. The summed E-state index contributed by atoms with van der Waals surface area (Å²) in [6, 6.07) is 10.3. The Morgan fingerprint density at radius 1 is 1.11 bits per heavy atom. The number of ether oxygens (including phenoxy) is 1. The van der Waals surface area contributed by atoms with E-state index in [-0.39, 0.29) is 0 Å². The van der Waals surface area contributed by atoms with Crippen molar-refractivity contribution < 1.29 is 4.74 Å². The third kappa shape index (κ3) is 9.46. The van der Waals surface area contributed by atoms with Gasteiger partial charge in [-0.2, -0.15) is 0 Å². The van der Waals surface area contributed by atoms with E-state index < -0.39 is 0 Å². The molecule has 106 valence electrons. The first-order valence-electron chi connectivity index (χ1n) is 7.08. The second-order valence-corrected chi connectivity index (χ2v) is 5.95. The molecule has 0 aliphatic rings. The Morgan fingerprint density at radius 3 is 2.53 bits per heavy atom. The van der Waals surface area contributed by atoms with Gasteiger partial charge in [-0.3, -0.25) is 0 Å². The highest BCUT2D eigenvalue weighted by molar-refractivity contribution is 5.48. The molecule has 0 spiro atoms. The largest absolute Gasteiger partial charge is 0.376 e. The van der Waals surface area contributed by atoms with Crippen molar-refractivity contribution in [3.63, 3.8) is 0 Å². The standard InChI is InChI=1S/C17H27NO/c1-17(2,3)11-12-18-13-15-19-14-7-10-16-8-5-4-6-9-16/h4-10,18H,11-15H2,1-3H3. The van der Waals surface area contributed by atoms with E-state index in [0.29, 0.717) is 12.0 Å². The summed E-state index contributed by atoms with van der Waals surface area (Å²) >= 11 is 0. The molecular weight excluding hydrogens is 234 g/mol. The Bertz CT molecular complexity index is 351. The van der Waals surface area contributed by atoms with Crippen LogP contribution in [0.3, 0.4) is 0 Å². The lowest BCUT2D eigenvalue weighted by atomic mass is 9.92. The molecule has 1 N–H and O–H groups in total. The predicted molar refractivity (Wildman–Crippen MR) is 83.2 cm³/mol. The molecule has 1 aromatic carbocycles. The Balaban J connectivity index is 1.96. The zero-order chi connectivity index (χ0) is 14.0. The van der Waals surface area contributed by atoms with Crippen LogP contribution >= 0.6 is 0 Å². The first-order chi connectivity index (χ1) is 9.08. The van der Waals surface area contributed by atoms with Crippen molar-refractivity contribution >= 4 is 6.08 Å². The number of hydrogen-bond donors (Lipinski definition) is 1. The van der Waals surface area contributed by atoms with Crippen LogP contribution in [0, 0.1) is 5.41 Å². The SMILES string of the molecule is CC(C)(C)CCNCCOCC=Cc1ccccc1. The Morgan fingerprint density at radius 2 is 1.84 bits per heavy atom. The molecule has 19 heavy (non-hydrogen) atoms. The average molecular weight is 261 g/mol. The summed E-state index contributed by atoms with van der Waals surface area (Å²) in [7, 11) is 0. The summed E-state index contributed by atoms with van der Waals surface area (Å²) < 4.78 is 5.54. The smallest absolute Gasteiger partial charge is 0.0651 e. The predicted octanol–water partition coefficient (Wildman–Crippen LogP) is 3.74. The van der Waals surface area contributed by atoms with Crippen molar-refractivity contribution in [2.45, 2.75) is 27.2 Å². The van der Waals surface area contributed by atoms with Crippen LogP contribution < -0.4 is 5.32 Å². The second kappa shape index (κ2) is 8.89. The summed E-state index contributed by atoms with van der Waals surface area (Å²) in [4.78, 5) is 0. The van der Waals surface area contributed by atoms with Crippen LogP contribution in [0.4, 0.5) is 0 Å². The molecule has 2 nitrogen and oxygen atoms in total. The summed E-state index contributed by atoms with van der Waals surface area (Å²) in [6.45, 7) is 10.2. The minimum Gasteiger partial charge on any atom is -0.376 e. The highest BCUT2D eigenvalue weighted by Gasteiger charge is 2.08. The van der Waals surface area contributed by atoms with E-state index in [1.165, 1.54) is 12.0 Å². The summed E-state index contributed by atoms with van der Waals surface area (Å²) in [5, 5.41) is 3.40. The highest BCUT2D eigenvalue weighted by atomic mass is 16.5. The lowest BCUT2D eigenvalue weighted by Crippen LogP contribution is -2.24. The molecule has 0 radical (unpaired) electrons. The second-order valence-electron chi connectivity index (χ2n) is 5.95. The van der Waals surface area contributed by atoms with Gasteiger partial charge in [0.1, 0.15) is 0 Å². The molecule has 0 aliphatic carbocycles. The van der Waals surface area contributed by atoms with Gasteiger partial charge in [0.05, 0.1) is 13.2 Å². The summed E-state index contributed by atoms with van der Waals surface area (Å²) in [5.74, 6) is 0. The van der Waals surface area contributed by atoms with Gasteiger partial charge in [-0.25, -0.2) is 0 Å².